The lowest BCUT2D eigenvalue weighted by Crippen LogP contribution is -2.41. The maximum atomic E-state index is 12.9. The van der Waals surface area contributed by atoms with Gasteiger partial charge in [0.25, 0.3) is 0 Å². The molecule has 1 aromatic carbocycles. The highest BCUT2D eigenvalue weighted by Crippen LogP contribution is 2.16. The van der Waals surface area contributed by atoms with Crippen LogP contribution in [0.25, 0.3) is 11.4 Å². The molecular weight excluding hydrogens is 285 g/mol. The topological polar surface area (TPSA) is 63.9 Å². The molecule has 2 heterocycles. The number of amides is 1. The van der Waals surface area contributed by atoms with Gasteiger partial charge in [-0.2, -0.15) is 4.80 Å². The number of tetrazole rings is 1. The zero-order valence-electron chi connectivity index (χ0n) is 12.4. The second-order valence-electron chi connectivity index (χ2n) is 5.74. The first-order valence-electron chi connectivity index (χ1n) is 7.43. The van der Waals surface area contributed by atoms with Gasteiger partial charge in [0.1, 0.15) is 12.4 Å². The Morgan fingerprint density at radius 2 is 2.14 bits per heavy atom. The molecule has 116 valence electrons. The van der Waals surface area contributed by atoms with Crippen molar-refractivity contribution in [2.45, 2.75) is 26.3 Å². The molecule has 1 amide bonds. The lowest BCUT2D eigenvalue weighted by Gasteiger charge is -2.30. The molecule has 1 atom stereocenters. The summed E-state index contributed by atoms with van der Waals surface area (Å²) in [5.74, 6) is 0.621. The van der Waals surface area contributed by atoms with Gasteiger partial charge in [0, 0.05) is 18.7 Å². The zero-order chi connectivity index (χ0) is 15.5. The quantitative estimate of drug-likeness (QED) is 0.866. The van der Waals surface area contributed by atoms with Crippen molar-refractivity contribution in [1.82, 2.24) is 25.1 Å². The minimum atomic E-state index is -0.314. The molecule has 0 aliphatic carbocycles. The van der Waals surface area contributed by atoms with Gasteiger partial charge in [-0.25, -0.2) is 4.39 Å². The Bertz CT molecular complexity index is 654. The van der Waals surface area contributed by atoms with E-state index in [1.807, 2.05) is 4.90 Å². The van der Waals surface area contributed by atoms with E-state index in [0.717, 1.165) is 19.5 Å². The van der Waals surface area contributed by atoms with Crippen LogP contribution in [0.15, 0.2) is 24.3 Å². The average molecular weight is 303 g/mol. The lowest BCUT2D eigenvalue weighted by molar-refractivity contribution is -0.134. The monoisotopic (exact) mass is 303 g/mol. The highest BCUT2D eigenvalue weighted by molar-refractivity contribution is 5.75. The standard InChI is InChI=1S/C15H18FN5O/c1-11-3-2-8-20(9-11)14(22)10-21-18-15(17-19-21)12-4-6-13(16)7-5-12/h4-7,11H,2-3,8-10H2,1H3/t11-/m1/s1. The fourth-order valence-corrected chi connectivity index (χ4v) is 2.66. The van der Waals surface area contributed by atoms with Crippen LogP contribution in [0.1, 0.15) is 19.8 Å². The van der Waals surface area contributed by atoms with Gasteiger partial charge in [-0.05, 0) is 48.2 Å². The maximum Gasteiger partial charge on any atom is 0.246 e. The fourth-order valence-electron chi connectivity index (χ4n) is 2.66. The van der Waals surface area contributed by atoms with Gasteiger partial charge in [0.2, 0.25) is 11.7 Å². The van der Waals surface area contributed by atoms with E-state index in [-0.39, 0.29) is 18.3 Å². The van der Waals surface area contributed by atoms with Crippen molar-refractivity contribution in [3.05, 3.63) is 30.1 Å². The molecule has 3 rings (SSSR count). The third-order valence-corrected chi connectivity index (χ3v) is 3.84. The van der Waals surface area contributed by atoms with Gasteiger partial charge in [-0.3, -0.25) is 4.79 Å². The molecule has 7 heteroatoms. The smallest absolute Gasteiger partial charge is 0.246 e. The average Bonchev–Trinajstić information content (AvgIpc) is 2.96. The number of hydrogen-bond donors (Lipinski definition) is 0. The van der Waals surface area contributed by atoms with Crippen LogP contribution in [-0.4, -0.2) is 44.1 Å². The van der Waals surface area contributed by atoms with Crippen molar-refractivity contribution < 1.29 is 9.18 Å². The summed E-state index contributed by atoms with van der Waals surface area (Å²) in [7, 11) is 0. The Morgan fingerprint density at radius 3 is 2.86 bits per heavy atom. The molecule has 2 aromatic rings. The fraction of sp³-hybridized carbons (Fsp3) is 0.467. The molecule has 1 fully saturated rings. The van der Waals surface area contributed by atoms with Crippen molar-refractivity contribution >= 4 is 5.91 Å². The number of benzene rings is 1. The molecule has 0 spiro atoms. The second-order valence-corrected chi connectivity index (χ2v) is 5.74. The molecule has 0 radical (unpaired) electrons. The molecule has 0 bridgehead atoms. The Balaban J connectivity index is 1.66. The largest absolute Gasteiger partial charge is 0.341 e. The number of nitrogens with zero attached hydrogens (tertiary/aromatic N) is 5. The van der Waals surface area contributed by atoms with E-state index >= 15 is 0 Å². The van der Waals surface area contributed by atoms with Crippen LogP contribution in [0.2, 0.25) is 0 Å². The number of rotatable bonds is 3. The number of piperidine rings is 1. The normalized spacial score (nSPS) is 18.5. The van der Waals surface area contributed by atoms with Crippen LogP contribution in [-0.2, 0) is 11.3 Å². The first-order chi connectivity index (χ1) is 10.6. The summed E-state index contributed by atoms with van der Waals surface area (Å²) in [6.45, 7) is 3.82. The van der Waals surface area contributed by atoms with Crippen molar-refractivity contribution in [2.24, 2.45) is 5.92 Å². The van der Waals surface area contributed by atoms with Crippen LogP contribution in [0.4, 0.5) is 4.39 Å². The van der Waals surface area contributed by atoms with E-state index in [1.54, 1.807) is 12.1 Å². The van der Waals surface area contributed by atoms with Gasteiger partial charge in [0.05, 0.1) is 0 Å². The third-order valence-electron chi connectivity index (χ3n) is 3.84. The Kier molecular flexibility index (Phi) is 4.13. The molecule has 22 heavy (non-hydrogen) atoms. The van der Waals surface area contributed by atoms with Crippen LogP contribution in [0.5, 0.6) is 0 Å². The SMILES string of the molecule is C[C@@H]1CCCN(C(=O)Cn2nnc(-c3ccc(F)cc3)n2)C1. The lowest BCUT2D eigenvalue weighted by atomic mass is 10.0. The van der Waals surface area contributed by atoms with Gasteiger partial charge < -0.3 is 4.90 Å². The number of halogens is 1. The van der Waals surface area contributed by atoms with E-state index in [2.05, 4.69) is 22.3 Å². The van der Waals surface area contributed by atoms with Gasteiger partial charge in [0.15, 0.2) is 0 Å². The summed E-state index contributed by atoms with van der Waals surface area (Å²) in [5, 5.41) is 12.0. The first kappa shape index (κ1) is 14.6. The molecule has 1 saturated heterocycles. The molecule has 6 nitrogen and oxygen atoms in total. The molecule has 0 N–H and O–H groups in total. The van der Waals surface area contributed by atoms with Crippen LogP contribution >= 0.6 is 0 Å². The predicted molar refractivity (Wildman–Crippen MR) is 78.2 cm³/mol. The molecule has 1 aliphatic heterocycles. The molecule has 0 saturated carbocycles. The van der Waals surface area contributed by atoms with Crippen molar-refractivity contribution in [3.8, 4) is 11.4 Å². The Labute approximate surface area is 127 Å². The van der Waals surface area contributed by atoms with Crippen molar-refractivity contribution in [2.75, 3.05) is 13.1 Å². The molecule has 1 aliphatic rings. The van der Waals surface area contributed by atoms with E-state index in [0.29, 0.717) is 17.3 Å². The number of hydrogen-bond acceptors (Lipinski definition) is 4. The molecule has 1 aromatic heterocycles. The second kappa shape index (κ2) is 6.21. The third kappa shape index (κ3) is 3.29. The number of carbonyl (C=O) groups is 1. The summed E-state index contributed by atoms with van der Waals surface area (Å²) in [5.41, 5.74) is 0.673. The number of carbonyl (C=O) groups excluding carboxylic acids is 1. The van der Waals surface area contributed by atoms with E-state index in [4.69, 9.17) is 0 Å². The summed E-state index contributed by atoms with van der Waals surface area (Å²) in [4.78, 5) is 15.4. The maximum absolute atomic E-state index is 12.9. The van der Waals surface area contributed by atoms with E-state index < -0.39 is 0 Å². The van der Waals surface area contributed by atoms with Gasteiger partial charge in [-0.1, -0.05) is 6.92 Å². The molecular formula is C15H18FN5O. The number of likely N-dealkylation sites (tertiary alicyclic amines) is 1. The number of aromatic nitrogens is 4. The Morgan fingerprint density at radius 1 is 1.36 bits per heavy atom. The summed E-state index contributed by atoms with van der Waals surface area (Å²) in [6, 6.07) is 5.86. The molecule has 0 unspecified atom stereocenters. The van der Waals surface area contributed by atoms with Crippen LogP contribution in [0, 0.1) is 11.7 Å². The van der Waals surface area contributed by atoms with Gasteiger partial charge in [-0.15, -0.1) is 10.2 Å². The highest BCUT2D eigenvalue weighted by Gasteiger charge is 2.21. The zero-order valence-corrected chi connectivity index (χ0v) is 12.4. The first-order valence-corrected chi connectivity index (χ1v) is 7.43. The van der Waals surface area contributed by atoms with Gasteiger partial charge >= 0.3 is 0 Å². The minimum absolute atomic E-state index is 0.00889. The van der Waals surface area contributed by atoms with Crippen molar-refractivity contribution in [1.29, 1.82) is 0 Å². The highest BCUT2D eigenvalue weighted by atomic mass is 19.1. The summed E-state index contributed by atoms with van der Waals surface area (Å²) >= 11 is 0. The predicted octanol–water partition coefficient (Wildman–Crippen LogP) is 1.74. The van der Waals surface area contributed by atoms with Crippen LogP contribution in [0.3, 0.4) is 0 Å². The van der Waals surface area contributed by atoms with E-state index in [9.17, 15) is 9.18 Å². The minimum Gasteiger partial charge on any atom is -0.341 e. The summed E-state index contributed by atoms with van der Waals surface area (Å²) in [6.07, 6.45) is 2.21. The van der Waals surface area contributed by atoms with Crippen LogP contribution < -0.4 is 0 Å². The Hall–Kier alpha value is -2.31. The summed E-state index contributed by atoms with van der Waals surface area (Å²) < 4.78 is 12.9. The van der Waals surface area contributed by atoms with Crippen molar-refractivity contribution in [3.63, 3.8) is 0 Å². The van der Waals surface area contributed by atoms with E-state index in [1.165, 1.54) is 23.4 Å².